The van der Waals surface area contributed by atoms with Crippen LogP contribution in [0.2, 0.25) is 5.02 Å². The molecule has 1 atom stereocenters. The van der Waals surface area contributed by atoms with Gasteiger partial charge < -0.3 is 15.2 Å². The zero-order chi connectivity index (χ0) is 17.6. The van der Waals surface area contributed by atoms with Gasteiger partial charge in [-0.3, -0.25) is 4.79 Å². The number of carbonyl (C=O) groups excluding carboxylic acids is 1. The molecular weight excluding hydrogens is 330 g/mol. The summed E-state index contributed by atoms with van der Waals surface area (Å²) < 4.78 is 4.93. The number of ether oxygens (including phenoxy) is 1. The van der Waals surface area contributed by atoms with Crippen LogP contribution in [0.15, 0.2) is 24.3 Å². The van der Waals surface area contributed by atoms with Gasteiger partial charge in [0.2, 0.25) is 5.91 Å². The van der Waals surface area contributed by atoms with Crippen molar-refractivity contribution in [2.45, 2.75) is 44.6 Å². The van der Waals surface area contributed by atoms with Crippen LogP contribution in [0.4, 0.5) is 0 Å². The lowest BCUT2D eigenvalue weighted by atomic mass is 9.79. The van der Waals surface area contributed by atoms with E-state index in [0.29, 0.717) is 18.1 Å². The number of halogens is 1. The number of aliphatic carboxylic acids is 1. The number of nitrogens with one attached hydrogen (secondary N) is 1. The zero-order valence-corrected chi connectivity index (χ0v) is 14.6. The number of carboxylic acid groups (broad SMARTS) is 1. The number of amides is 1. The Morgan fingerprint density at radius 1 is 1.38 bits per heavy atom. The van der Waals surface area contributed by atoms with E-state index in [1.165, 1.54) is 7.11 Å². The predicted molar refractivity (Wildman–Crippen MR) is 92.1 cm³/mol. The molecule has 1 aliphatic rings. The molecular formula is C18H24ClNO4. The topological polar surface area (TPSA) is 75.6 Å². The molecule has 0 aliphatic heterocycles. The van der Waals surface area contributed by atoms with E-state index < -0.39 is 17.4 Å². The Hall–Kier alpha value is -1.59. The maximum atomic E-state index is 12.9. The molecule has 0 bridgehead atoms. The Kier molecular flexibility index (Phi) is 6.63. The van der Waals surface area contributed by atoms with Crippen LogP contribution in [0.3, 0.4) is 0 Å². The van der Waals surface area contributed by atoms with Crippen molar-refractivity contribution < 1.29 is 19.4 Å². The summed E-state index contributed by atoms with van der Waals surface area (Å²) >= 11 is 6.05. The third kappa shape index (κ3) is 4.71. The van der Waals surface area contributed by atoms with Crippen LogP contribution in [0.5, 0.6) is 0 Å². The molecule has 1 fully saturated rings. The van der Waals surface area contributed by atoms with E-state index in [1.54, 1.807) is 6.07 Å². The lowest BCUT2D eigenvalue weighted by molar-refractivity contribution is -0.144. The first kappa shape index (κ1) is 18.7. The molecule has 0 saturated heterocycles. The van der Waals surface area contributed by atoms with Crippen molar-refractivity contribution in [1.82, 2.24) is 5.32 Å². The summed E-state index contributed by atoms with van der Waals surface area (Å²) in [6.45, 7) is 0.290. The molecule has 24 heavy (non-hydrogen) atoms. The molecule has 1 saturated carbocycles. The quantitative estimate of drug-likeness (QED) is 0.753. The zero-order valence-electron chi connectivity index (χ0n) is 13.9. The van der Waals surface area contributed by atoms with Crippen molar-refractivity contribution in [1.29, 1.82) is 0 Å². The van der Waals surface area contributed by atoms with Gasteiger partial charge in [-0.2, -0.15) is 0 Å². The van der Waals surface area contributed by atoms with Crippen molar-refractivity contribution in [2.75, 3.05) is 13.7 Å². The number of rotatable bonds is 8. The highest BCUT2D eigenvalue weighted by Crippen LogP contribution is 2.41. The third-order valence-electron chi connectivity index (χ3n) is 4.69. The fourth-order valence-corrected chi connectivity index (χ4v) is 3.59. The van der Waals surface area contributed by atoms with Crippen LogP contribution >= 0.6 is 11.6 Å². The van der Waals surface area contributed by atoms with E-state index in [1.807, 2.05) is 18.2 Å². The molecule has 1 aromatic carbocycles. The Morgan fingerprint density at radius 2 is 2.08 bits per heavy atom. The van der Waals surface area contributed by atoms with E-state index in [4.69, 9.17) is 16.3 Å². The van der Waals surface area contributed by atoms with E-state index in [2.05, 4.69) is 5.32 Å². The van der Waals surface area contributed by atoms with Gasteiger partial charge in [-0.15, -0.1) is 0 Å². The normalized spacial score (nSPS) is 17.4. The fourth-order valence-electron chi connectivity index (χ4n) is 3.38. The van der Waals surface area contributed by atoms with Gasteiger partial charge in [-0.05, 0) is 37.0 Å². The number of hydrogen-bond acceptors (Lipinski definition) is 3. The Morgan fingerprint density at radius 3 is 2.67 bits per heavy atom. The van der Waals surface area contributed by atoms with Gasteiger partial charge in [0.1, 0.15) is 6.04 Å². The number of hydrogen-bond donors (Lipinski definition) is 2. The predicted octanol–water partition coefficient (Wildman–Crippen LogP) is 3.05. The molecule has 6 heteroatoms. The highest BCUT2D eigenvalue weighted by atomic mass is 35.5. The summed E-state index contributed by atoms with van der Waals surface area (Å²) in [7, 11) is 1.51. The largest absolute Gasteiger partial charge is 0.480 e. The van der Waals surface area contributed by atoms with Crippen LogP contribution < -0.4 is 5.32 Å². The van der Waals surface area contributed by atoms with E-state index in [0.717, 1.165) is 31.2 Å². The van der Waals surface area contributed by atoms with E-state index >= 15 is 0 Å². The second kappa shape index (κ2) is 8.49. The molecule has 132 valence electrons. The van der Waals surface area contributed by atoms with Gasteiger partial charge in [-0.25, -0.2) is 4.79 Å². The average molecular weight is 354 g/mol. The molecule has 1 aliphatic carbocycles. The minimum absolute atomic E-state index is 0.177. The summed E-state index contributed by atoms with van der Waals surface area (Å²) in [5, 5.41) is 12.7. The van der Waals surface area contributed by atoms with Gasteiger partial charge in [0.25, 0.3) is 0 Å². The smallest absolute Gasteiger partial charge is 0.326 e. The summed E-state index contributed by atoms with van der Waals surface area (Å²) in [6.07, 6.45) is 4.32. The minimum atomic E-state index is -1.03. The Bertz CT molecular complexity index is 584. The molecule has 5 nitrogen and oxygen atoms in total. The number of benzene rings is 1. The molecule has 1 unspecified atom stereocenters. The van der Waals surface area contributed by atoms with Crippen LogP contribution in [-0.4, -0.2) is 36.7 Å². The Labute approximate surface area is 147 Å². The van der Waals surface area contributed by atoms with Gasteiger partial charge in [0.05, 0.1) is 5.41 Å². The average Bonchev–Trinajstić information content (AvgIpc) is 3.00. The van der Waals surface area contributed by atoms with Crippen molar-refractivity contribution in [2.24, 2.45) is 5.41 Å². The van der Waals surface area contributed by atoms with Gasteiger partial charge in [0, 0.05) is 25.2 Å². The van der Waals surface area contributed by atoms with E-state index in [9.17, 15) is 14.7 Å². The van der Waals surface area contributed by atoms with Crippen LogP contribution in [0.25, 0.3) is 0 Å². The molecule has 1 amide bonds. The third-order valence-corrected chi connectivity index (χ3v) is 4.92. The lowest BCUT2D eigenvalue weighted by Gasteiger charge is -2.29. The number of methoxy groups -OCH3 is 1. The molecule has 1 aromatic rings. The Balaban J connectivity index is 2.13. The number of carbonyl (C=O) groups is 2. The summed E-state index contributed by atoms with van der Waals surface area (Å²) in [6, 6.07) is 6.58. The SMILES string of the molecule is COCCC(NC(=O)C1(Cc2cccc(Cl)c2)CCCC1)C(=O)O. The van der Waals surface area contributed by atoms with Gasteiger partial charge in [-0.1, -0.05) is 36.6 Å². The second-order valence-corrected chi connectivity index (χ2v) is 6.88. The minimum Gasteiger partial charge on any atom is -0.480 e. The summed E-state index contributed by atoms with van der Waals surface area (Å²) in [5.41, 5.74) is 0.453. The fraction of sp³-hybridized carbons (Fsp3) is 0.556. The molecule has 0 heterocycles. The van der Waals surface area contributed by atoms with Crippen molar-refractivity contribution in [3.63, 3.8) is 0 Å². The van der Waals surface area contributed by atoms with Crippen molar-refractivity contribution in [3.8, 4) is 0 Å². The van der Waals surface area contributed by atoms with Crippen LogP contribution in [0.1, 0.15) is 37.7 Å². The second-order valence-electron chi connectivity index (χ2n) is 6.44. The molecule has 0 radical (unpaired) electrons. The van der Waals surface area contributed by atoms with Gasteiger partial charge >= 0.3 is 5.97 Å². The first-order chi connectivity index (χ1) is 11.5. The first-order valence-corrected chi connectivity index (χ1v) is 8.62. The highest BCUT2D eigenvalue weighted by Gasteiger charge is 2.42. The maximum Gasteiger partial charge on any atom is 0.326 e. The van der Waals surface area contributed by atoms with Crippen LogP contribution in [0, 0.1) is 5.41 Å². The first-order valence-electron chi connectivity index (χ1n) is 8.24. The lowest BCUT2D eigenvalue weighted by Crippen LogP contribution is -2.49. The summed E-state index contributed by atoms with van der Waals surface area (Å²) in [5.74, 6) is -1.21. The summed E-state index contributed by atoms with van der Waals surface area (Å²) in [4.78, 5) is 24.3. The van der Waals surface area contributed by atoms with Gasteiger partial charge in [0.15, 0.2) is 0 Å². The van der Waals surface area contributed by atoms with Crippen molar-refractivity contribution in [3.05, 3.63) is 34.9 Å². The number of carboxylic acids is 1. The molecule has 0 spiro atoms. The molecule has 0 aromatic heterocycles. The molecule has 2 rings (SSSR count). The maximum absolute atomic E-state index is 12.9. The highest BCUT2D eigenvalue weighted by molar-refractivity contribution is 6.30. The van der Waals surface area contributed by atoms with Crippen molar-refractivity contribution >= 4 is 23.5 Å². The molecule has 2 N–H and O–H groups in total. The van der Waals surface area contributed by atoms with E-state index in [-0.39, 0.29) is 12.3 Å². The standard InChI is InChI=1S/C18H24ClNO4/c1-24-10-7-15(16(21)22)20-17(23)18(8-2-3-9-18)12-13-5-4-6-14(19)11-13/h4-6,11,15H,2-3,7-10,12H2,1H3,(H,20,23)(H,21,22). The monoisotopic (exact) mass is 353 g/mol. The van der Waals surface area contributed by atoms with Crippen LogP contribution in [-0.2, 0) is 20.7 Å².